The molecule has 0 aromatic rings. The molecule has 0 saturated heterocycles. The molecule has 0 atom stereocenters. The molecule has 0 aliphatic heterocycles. The smallest absolute Gasteiger partial charge is 0.270 e. The molecule has 0 unspecified atom stereocenters. The molecule has 0 aromatic carbocycles. The maximum Gasteiger partial charge on any atom is 0.270 e. The lowest BCUT2D eigenvalue weighted by Gasteiger charge is -2.46. The van der Waals surface area contributed by atoms with Crippen LogP contribution < -0.4 is 4.98 Å². The summed E-state index contributed by atoms with van der Waals surface area (Å²) in [6.07, 6.45) is 0. The number of hydrogen-bond acceptors (Lipinski definition) is 3. The molecule has 0 heterocycles. The fourth-order valence-electron chi connectivity index (χ4n) is 2.77. The summed E-state index contributed by atoms with van der Waals surface area (Å²) in [6, 6.07) is 2.39. The van der Waals surface area contributed by atoms with Crippen molar-refractivity contribution < 1.29 is 0 Å². The van der Waals surface area contributed by atoms with Crippen LogP contribution in [0.4, 0.5) is 0 Å². The van der Waals surface area contributed by atoms with E-state index in [0.717, 1.165) is 0 Å². The van der Waals surface area contributed by atoms with E-state index < -0.39 is 9.28 Å². The molecule has 0 aromatic heterocycles. The van der Waals surface area contributed by atoms with Crippen LogP contribution in [-0.2, 0) is 0 Å². The Balaban J connectivity index is 5.11. The normalized spacial score (nSPS) is 13.4. The predicted molar refractivity (Wildman–Crippen MR) is 80.4 cm³/mol. The molecule has 0 rings (SSSR count). The molecule has 0 bridgehead atoms. The lowest BCUT2D eigenvalue weighted by Crippen LogP contribution is -2.67. The highest BCUT2D eigenvalue weighted by atomic mass is 28.3. The highest BCUT2D eigenvalue weighted by Crippen LogP contribution is 2.14. The van der Waals surface area contributed by atoms with Crippen molar-refractivity contribution in [1.82, 2.24) is 14.1 Å². The molecule has 0 aliphatic rings. The first-order chi connectivity index (χ1) is 7.73. The van der Waals surface area contributed by atoms with E-state index in [0.29, 0.717) is 24.2 Å². The average molecular weight is 260 g/mol. The van der Waals surface area contributed by atoms with Crippen LogP contribution in [0.3, 0.4) is 0 Å². The highest BCUT2D eigenvalue weighted by molar-refractivity contribution is 6.50. The number of rotatable bonds is 7. The van der Waals surface area contributed by atoms with E-state index in [9.17, 15) is 0 Å². The van der Waals surface area contributed by atoms with E-state index >= 15 is 0 Å². The largest absolute Gasteiger partial charge is 0.318 e. The van der Waals surface area contributed by atoms with Crippen molar-refractivity contribution >= 4 is 9.28 Å². The molecular formula is C13H33N3Si. The van der Waals surface area contributed by atoms with E-state index in [4.69, 9.17) is 0 Å². The van der Waals surface area contributed by atoms with Crippen molar-refractivity contribution in [3.63, 3.8) is 0 Å². The Morgan fingerprint density at radius 1 is 0.647 bits per heavy atom. The summed E-state index contributed by atoms with van der Waals surface area (Å²) in [5.41, 5.74) is 0. The van der Waals surface area contributed by atoms with Crippen LogP contribution >= 0.6 is 0 Å². The van der Waals surface area contributed by atoms with Crippen molar-refractivity contribution in [1.29, 1.82) is 0 Å². The summed E-state index contributed by atoms with van der Waals surface area (Å²) in [5, 5.41) is 0. The van der Waals surface area contributed by atoms with Gasteiger partial charge in [-0.25, -0.2) is 0 Å². The third-order valence-corrected chi connectivity index (χ3v) is 7.24. The fourth-order valence-corrected chi connectivity index (χ4v) is 5.94. The van der Waals surface area contributed by atoms with Gasteiger partial charge in [0.15, 0.2) is 0 Å². The van der Waals surface area contributed by atoms with Gasteiger partial charge in [0.05, 0.1) is 0 Å². The summed E-state index contributed by atoms with van der Waals surface area (Å²) in [5.74, 6) is 0. The number of nitrogens with one attached hydrogen (secondary N) is 1. The van der Waals surface area contributed by atoms with Gasteiger partial charge in [-0.3, -0.25) is 9.13 Å². The summed E-state index contributed by atoms with van der Waals surface area (Å²) in [7, 11) is 0.860. The van der Waals surface area contributed by atoms with Gasteiger partial charge in [0.2, 0.25) is 0 Å². The van der Waals surface area contributed by atoms with Crippen LogP contribution in [0.15, 0.2) is 0 Å². The van der Waals surface area contributed by atoms with E-state index in [1.807, 2.05) is 0 Å². The van der Waals surface area contributed by atoms with Gasteiger partial charge in [0, 0.05) is 0 Å². The van der Waals surface area contributed by atoms with E-state index in [1.165, 1.54) is 0 Å². The third-order valence-electron chi connectivity index (χ3n) is 3.21. The first-order valence-electron chi connectivity index (χ1n) is 6.96. The lowest BCUT2D eigenvalue weighted by molar-refractivity contribution is 0.216. The van der Waals surface area contributed by atoms with Crippen LogP contribution in [0.1, 0.15) is 55.4 Å². The maximum atomic E-state index is 3.62. The second-order valence-corrected chi connectivity index (χ2v) is 8.45. The zero-order chi connectivity index (χ0) is 13.7. The van der Waals surface area contributed by atoms with E-state index in [-0.39, 0.29) is 0 Å². The summed E-state index contributed by atoms with van der Waals surface area (Å²) in [6.45, 7) is 18.4. The molecule has 3 nitrogen and oxygen atoms in total. The van der Waals surface area contributed by atoms with E-state index in [2.05, 4.69) is 76.6 Å². The molecule has 0 fully saturated rings. The number of hydrogen-bond donors (Lipinski definition) is 1. The molecule has 0 saturated carbocycles. The lowest BCUT2D eigenvalue weighted by atomic mass is 10.3. The molecule has 17 heavy (non-hydrogen) atoms. The SMILES string of the molecule is CN[SiH](N(C(C)C)C(C)C)N(C(C)C)C(C)C. The van der Waals surface area contributed by atoms with Crippen molar-refractivity contribution in [2.75, 3.05) is 7.05 Å². The van der Waals surface area contributed by atoms with Gasteiger partial charge >= 0.3 is 0 Å². The van der Waals surface area contributed by atoms with Gasteiger partial charge in [-0.05, 0) is 31.2 Å². The fraction of sp³-hybridized carbons (Fsp3) is 1.00. The standard InChI is InChI=1S/C13H33N3Si/c1-10(2)15(11(3)4)17(14-9)16(12(5)6)13(7)8/h10-14,17H,1-9H3. The maximum absolute atomic E-state index is 3.62. The quantitative estimate of drug-likeness (QED) is 0.707. The van der Waals surface area contributed by atoms with Crippen LogP contribution in [0.25, 0.3) is 0 Å². The first kappa shape index (κ1) is 17.1. The van der Waals surface area contributed by atoms with Gasteiger partial charge < -0.3 is 4.98 Å². The van der Waals surface area contributed by atoms with Crippen molar-refractivity contribution in [2.24, 2.45) is 0 Å². The van der Waals surface area contributed by atoms with Crippen molar-refractivity contribution in [3.8, 4) is 0 Å². The second kappa shape index (κ2) is 7.51. The van der Waals surface area contributed by atoms with Gasteiger partial charge in [-0.2, -0.15) is 0 Å². The molecule has 4 heteroatoms. The van der Waals surface area contributed by atoms with Gasteiger partial charge in [0.1, 0.15) is 0 Å². The molecule has 0 spiro atoms. The predicted octanol–water partition coefficient (Wildman–Crippen LogP) is 2.16. The minimum absolute atomic E-state index is 0.596. The van der Waals surface area contributed by atoms with Crippen LogP contribution in [0.5, 0.6) is 0 Å². The van der Waals surface area contributed by atoms with Crippen molar-refractivity contribution in [3.05, 3.63) is 0 Å². The first-order valence-corrected chi connectivity index (χ1v) is 8.57. The molecular weight excluding hydrogens is 226 g/mol. The Bertz CT molecular complexity index is 169. The zero-order valence-electron chi connectivity index (χ0n) is 13.3. The Morgan fingerprint density at radius 2 is 0.882 bits per heavy atom. The van der Waals surface area contributed by atoms with Crippen LogP contribution in [0.2, 0.25) is 0 Å². The third kappa shape index (κ3) is 4.70. The summed E-state index contributed by atoms with van der Waals surface area (Å²) < 4.78 is 5.33. The van der Waals surface area contributed by atoms with Crippen molar-refractivity contribution in [2.45, 2.75) is 79.6 Å². The van der Waals surface area contributed by atoms with Crippen LogP contribution in [-0.4, -0.2) is 49.6 Å². The van der Waals surface area contributed by atoms with Crippen LogP contribution in [0, 0.1) is 0 Å². The molecule has 0 aliphatic carbocycles. The molecule has 0 amide bonds. The highest BCUT2D eigenvalue weighted by Gasteiger charge is 2.33. The van der Waals surface area contributed by atoms with Gasteiger partial charge in [0.25, 0.3) is 9.28 Å². The minimum atomic E-state index is -1.26. The summed E-state index contributed by atoms with van der Waals surface area (Å²) in [4.78, 5) is 3.62. The monoisotopic (exact) mass is 259 g/mol. The number of nitrogens with zero attached hydrogens (tertiary/aromatic N) is 2. The molecule has 0 radical (unpaired) electrons. The Labute approximate surface area is 110 Å². The van der Waals surface area contributed by atoms with E-state index in [1.54, 1.807) is 0 Å². The minimum Gasteiger partial charge on any atom is -0.318 e. The zero-order valence-corrected chi connectivity index (χ0v) is 14.4. The Kier molecular flexibility index (Phi) is 7.56. The Morgan fingerprint density at radius 3 is 1.00 bits per heavy atom. The molecule has 104 valence electrons. The topological polar surface area (TPSA) is 18.5 Å². The summed E-state index contributed by atoms with van der Waals surface area (Å²) >= 11 is 0. The Hall–Kier alpha value is 0.0969. The molecule has 1 N–H and O–H groups in total. The van der Waals surface area contributed by atoms with Gasteiger partial charge in [-0.1, -0.05) is 55.4 Å². The van der Waals surface area contributed by atoms with Gasteiger partial charge in [-0.15, -0.1) is 0 Å². The average Bonchev–Trinajstić information content (AvgIpc) is 2.13. The second-order valence-electron chi connectivity index (χ2n) is 5.93.